The summed E-state index contributed by atoms with van der Waals surface area (Å²) in [6.07, 6.45) is 75.7. The van der Waals surface area contributed by atoms with Gasteiger partial charge in [-0.3, -0.25) is 14.4 Å². The number of esters is 3. The maximum absolute atomic E-state index is 12.8. The summed E-state index contributed by atoms with van der Waals surface area (Å²) in [5.74, 6) is -0.906. The molecule has 0 saturated heterocycles. The molecule has 1 unspecified atom stereocenters. The van der Waals surface area contributed by atoms with E-state index in [0.29, 0.717) is 19.3 Å². The Bertz CT molecular complexity index is 1380. The van der Waals surface area contributed by atoms with Crippen LogP contribution < -0.4 is 0 Å². The minimum atomic E-state index is -0.783. The van der Waals surface area contributed by atoms with Gasteiger partial charge < -0.3 is 14.2 Å². The fourth-order valence-corrected chi connectivity index (χ4v) is 7.84. The van der Waals surface area contributed by atoms with Crippen molar-refractivity contribution in [1.29, 1.82) is 0 Å². The van der Waals surface area contributed by atoms with Crippen LogP contribution in [0.1, 0.15) is 265 Å². The molecule has 0 N–H and O–H groups in total. The Labute approximate surface area is 426 Å². The summed E-state index contributed by atoms with van der Waals surface area (Å²) in [4.78, 5) is 37.9. The smallest absolute Gasteiger partial charge is 0.306 e. The second-order valence-electron chi connectivity index (χ2n) is 18.8. The maximum Gasteiger partial charge on any atom is 0.306 e. The van der Waals surface area contributed by atoms with Gasteiger partial charge in [0.15, 0.2) is 6.10 Å². The van der Waals surface area contributed by atoms with Crippen molar-refractivity contribution >= 4 is 17.9 Å². The number of allylic oxidation sites excluding steroid dienone is 16. The lowest BCUT2D eigenvalue weighted by molar-refractivity contribution is -0.167. The predicted molar refractivity (Wildman–Crippen MR) is 297 cm³/mol. The first-order chi connectivity index (χ1) is 34.0. The molecule has 394 valence electrons. The van der Waals surface area contributed by atoms with Crippen molar-refractivity contribution in [2.45, 2.75) is 271 Å². The Morgan fingerprint density at radius 2 is 0.565 bits per heavy atom. The van der Waals surface area contributed by atoms with Crippen LogP contribution in [0, 0.1) is 0 Å². The van der Waals surface area contributed by atoms with Gasteiger partial charge >= 0.3 is 17.9 Å². The van der Waals surface area contributed by atoms with Gasteiger partial charge in [-0.1, -0.05) is 246 Å². The standard InChI is InChI=1S/C63H106O6/c1-4-7-10-13-16-18-20-22-24-25-26-27-28-29-30-31-32-33-34-35-36-37-39-40-42-44-47-50-53-56-62(65)68-59-60(58-67-61(64)55-52-49-46-15-12-9-6-3)69-63(66)57-54-51-48-45-43-41-38-23-21-19-17-14-11-8-5-2/h7-8,10-11,16-19,22-24,26-27,29-30,38,60H,4-6,9,12-15,20-21,25,28,31-37,39-59H2,1-3H3/b10-7-,11-8-,18-16-,19-17-,24-22-,27-26-,30-29-,38-23-. The van der Waals surface area contributed by atoms with E-state index in [1.54, 1.807) is 0 Å². The Morgan fingerprint density at radius 1 is 0.304 bits per heavy atom. The maximum atomic E-state index is 12.8. The van der Waals surface area contributed by atoms with Crippen molar-refractivity contribution in [3.8, 4) is 0 Å². The molecule has 0 aliphatic heterocycles. The molecule has 0 aromatic rings. The highest BCUT2D eigenvalue weighted by Crippen LogP contribution is 2.15. The van der Waals surface area contributed by atoms with Gasteiger partial charge in [-0.25, -0.2) is 0 Å². The van der Waals surface area contributed by atoms with Crippen LogP contribution in [0.3, 0.4) is 0 Å². The van der Waals surface area contributed by atoms with E-state index in [0.717, 1.165) is 128 Å². The van der Waals surface area contributed by atoms with Gasteiger partial charge in [-0.05, 0) is 96.3 Å². The zero-order valence-electron chi connectivity index (χ0n) is 45.0. The zero-order chi connectivity index (χ0) is 50.0. The van der Waals surface area contributed by atoms with Gasteiger partial charge in [-0.2, -0.15) is 0 Å². The monoisotopic (exact) mass is 959 g/mol. The highest BCUT2D eigenvalue weighted by Gasteiger charge is 2.19. The van der Waals surface area contributed by atoms with E-state index in [1.807, 2.05) is 0 Å². The van der Waals surface area contributed by atoms with Crippen LogP contribution in [0.5, 0.6) is 0 Å². The molecule has 0 aromatic carbocycles. The summed E-state index contributed by atoms with van der Waals surface area (Å²) in [5, 5.41) is 0. The van der Waals surface area contributed by atoms with Crippen molar-refractivity contribution in [3.05, 3.63) is 97.2 Å². The normalized spacial score (nSPS) is 12.8. The molecule has 0 aliphatic carbocycles. The average molecular weight is 960 g/mol. The van der Waals surface area contributed by atoms with Gasteiger partial charge in [0.2, 0.25) is 0 Å². The van der Waals surface area contributed by atoms with Gasteiger partial charge in [0.25, 0.3) is 0 Å². The van der Waals surface area contributed by atoms with Crippen LogP contribution in [0.2, 0.25) is 0 Å². The third-order valence-electron chi connectivity index (χ3n) is 12.1. The summed E-state index contributed by atoms with van der Waals surface area (Å²) < 4.78 is 16.8. The van der Waals surface area contributed by atoms with E-state index in [4.69, 9.17) is 14.2 Å². The molecular formula is C63H106O6. The Balaban J connectivity index is 4.12. The topological polar surface area (TPSA) is 78.9 Å². The second kappa shape index (κ2) is 56.9. The average Bonchev–Trinajstić information content (AvgIpc) is 3.35. The summed E-state index contributed by atoms with van der Waals surface area (Å²) >= 11 is 0. The molecule has 0 bridgehead atoms. The molecular weight excluding hydrogens is 853 g/mol. The highest BCUT2D eigenvalue weighted by atomic mass is 16.6. The molecule has 1 atom stereocenters. The number of carbonyl (C=O) groups excluding carboxylic acids is 3. The van der Waals surface area contributed by atoms with Crippen LogP contribution in [0.4, 0.5) is 0 Å². The summed E-state index contributed by atoms with van der Waals surface area (Å²) in [5.41, 5.74) is 0. The molecule has 0 amide bonds. The van der Waals surface area contributed by atoms with Crippen molar-refractivity contribution in [2.75, 3.05) is 13.2 Å². The molecule has 0 radical (unpaired) electrons. The van der Waals surface area contributed by atoms with Crippen LogP contribution >= 0.6 is 0 Å². The SMILES string of the molecule is CC/C=C\C/C=C\C/C=C\C/C=C\C/C=C\CCCCCCCCCCCCCCCC(=O)OCC(COC(=O)CCCCCCCCC)OC(=O)CCCCCCC/C=C\C/C=C\C/C=C\CC. The number of rotatable bonds is 51. The summed E-state index contributed by atoms with van der Waals surface area (Å²) in [7, 11) is 0. The van der Waals surface area contributed by atoms with Gasteiger partial charge in [0.1, 0.15) is 13.2 Å². The van der Waals surface area contributed by atoms with Crippen LogP contribution in [-0.4, -0.2) is 37.2 Å². The third-order valence-corrected chi connectivity index (χ3v) is 12.1. The molecule has 0 aromatic heterocycles. The lowest BCUT2D eigenvalue weighted by Crippen LogP contribution is -2.30. The Hall–Kier alpha value is -3.67. The minimum Gasteiger partial charge on any atom is -0.462 e. The van der Waals surface area contributed by atoms with Crippen LogP contribution in [0.25, 0.3) is 0 Å². The molecule has 0 spiro atoms. The van der Waals surface area contributed by atoms with Crippen molar-refractivity contribution in [2.24, 2.45) is 0 Å². The van der Waals surface area contributed by atoms with Crippen molar-refractivity contribution < 1.29 is 28.6 Å². The number of unbranched alkanes of at least 4 members (excludes halogenated alkanes) is 24. The number of carbonyl (C=O) groups is 3. The van der Waals surface area contributed by atoms with E-state index in [-0.39, 0.29) is 31.1 Å². The van der Waals surface area contributed by atoms with E-state index in [9.17, 15) is 14.4 Å². The molecule has 0 aliphatic rings. The molecule has 69 heavy (non-hydrogen) atoms. The third kappa shape index (κ3) is 55.1. The summed E-state index contributed by atoms with van der Waals surface area (Å²) in [6.45, 7) is 6.36. The van der Waals surface area contributed by atoms with Crippen LogP contribution in [-0.2, 0) is 28.6 Å². The Kier molecular flexibility index (Phi) is 53.9. The number of ether oxygens (including phenoxy) is 3. The lowest BCUT2D eigenvalue weighted by Gasteiger charge is -2.18. The molecule has 6 heteroatoms. The molecule has 6 nitrogen and oxygen atoms in total. The summed E-state index contributed by atoms with van der Waals surface area (Å²) in [6, 6.07) is 0. The molecule has 0 saturated carbocycles. The van der Waals surface area contributed by atoms with E-state index < -0.39 is 6.10 Å². The number of hydrogen-bond acceptors (Lipinski definition) is 6. The van der Waals surface area contributed by atoms with Crippen LogP contribution in [0.15, 0.2) is 97.2 Å². The first kappa shape index (κ1) is 65.3. The molecule has 0 fully saturated rings. The Morgan fingerprint density at radius 3 is 0.884 bits per heavy atom. The molecule has 0 heterocycles. The van der Waals surface area contributed by atoms with E-state index >= 15 is 0 Å². The van der Waals surface area contributed by atoms with Gasteiger partial charge in [0, 0.05) is 19.3 Å². The second-order valence-corrected chi connectivity index (χ2v) is 18.8. The number of hydrogen-bond donors (Lipinski definition) is 0. The van der Waals surface area contributed by atoms with E-state index in [2.05, 4.69) is 118 Å². The first-order valence-electron chi connectivity index (χ1n) is 28.7. The zero-order valence-corrected chi connectivity index (χ0v) is 45.0. The van der Waals surface area contributed by atoms with Crippen molar-refractivity contribution in [1.82, 2.24) is 0 Å². The fourth-order valence-electron chi connectivity index (χ4n) is 7.84. The minimum absolute atomic E-state index is 0.0833. The van der Waals surface area contributed by atoms with Gasteiger partial charge in [0.05, 0.1) is 0 Å². The van der Waals surface area contributed by atoms with Gasteiger partial charge in [-0.15, -0.1) is 0 Å². The first-order valence-corrected chi connectivity index (χ1v) is 28.7. The quantitative estimate of drug-likeness (QED) is 0.0262. The predicted octanol–water partition coefficient (Wildman–Crippen LogP) is 19.3. The largest absolute Gasteiger partial charge is 0.462 e. The fraction of sp³-hybridized carbons (Fsp3) is 0.698. The molecule has 0 rings (SSSR count). The highest BCUT2D eigenvalue weighted by molar-refractivity contribution is 5.71. The lowest BCUT2D eigenvalue weighted by atomic mass is 10.0. The van der Waals surface area contributed by atoms with E-state index in [1.165, 1.54) is 96.3 Å². The van der Waals surface area contributed by atoms with Crippen molar-refractivity contribution in [3.63, 3.8) is 0 Å².